The monoisotopic (exact) mass is 254 g/mol. The average Bonchev–Trinajstić information content (AvgIpc) is 3.17. The van der Waals surface area contributed by atoms with Crippen molar-refractivity contribution in [2.24, 2.45) is 5.92 Å². The van der Waals surface area contributed by atoms with E-state index in [1.165, 1.54) is 12.8 Å². The summed E-state index contributed by atoms with van der Waals surface area (Å²) < 4.78 is 5.54. The van der Waals surface area contributed by atoms with Gasteiger partial charge in [-0.1, -0.05) is 6.92 Å². The van der Waals surface area contributed by atoms with E-state index in [-0.39, 0.29) is 24.4 Å². The Labute approximate surface area is 108 Å². The molecule has 1 N–H and O–H groups in total. The molecule has 2 fully saturated rings. The number of nitrogens with one attached hydrogen (secondary N) is 1. The summed E-state index contributed by atoms with van der Waals surface area (Å²) in [5.74, 6) is 0.760. The number of piperazine rings is 1. The SMILES string of the molecule is CCC1C(=O)NCC(=O)N1CCCOCC1CC1. The molecule has 2 amide bonds. The van der Waals surface area contributed by atoms with Crippen molar-refractivity contribution < 1.29 is 14.3 Å². The van der Waals surface area contributed by atoms with E-state index in [4.69, 9.17) is 4.74 Å². The van der Waals surface area contributed by atoms with E-state index in [0.717, 1.165) is 18.9 Å². The zero-order valence-corrected chi connectivity index (χ0v) is 11.0. The maximum atomic E-state index is 11.8. The fourth-order valence-corrected chi connectivity index (χ4v) is 2.26. The molecule has 2 rings (SSSR count). The molecule has 0 radical (unpaired) electrons. The molecule has 5 heteroatoms. The quantitative estimate of drug-likeness (QED) is 0.675. The van der Waals surface area contributed by atoms with Gasteiger partial charge in [-0.15, -0.1) is 0 Å². The first-order chi connectivity index (χ1) is 8.72. The van der Waals surface area contributed by atoms with Crippen molar-refractivity contribution in [1.82, 2.24) is 10.2 Å². The van der Waals surface area contributed by atoms with Gasteiger partial charge in [0.15, 0.2) is 0 Å². The minimum atomic E-state index is -0.297. The number of ether oxygens (including phenoxy) is 1. The van der Waals surface area contributed by atoms with Gasteiger partial charge in [0.05, 0.1) is 6.54 Å². The Bertz CT molecular complexity index is 315. The van der Waals surface area contributed by atoms with Gasteiger partial charge in [-0.05, 0) is 31.6 Å². The molecule has 2 aliphatic rings. The molecule has 1 atom stereocenters. The van der Waals surface area contributed by atoms with Crippen LogP contribution in [0.3, 0.4) is 0 Å². The molecule has 1 heterocycles. The number of nitrogens with zero attached hydrogens (tertiary/aromatic N) is 1. The summed E-state index contributed by atoms with van der Waals surface area (Å²) in [7, 11) is 0. The zero-order chi connectivity index (χ0) is 13.0. The van der Waals surface area contributed by atoms with Gasteiger partial charge in [-0.3, -0.25) is 9.59 Å². The molecule has 0 aromatic rings. The van der Waals surface area contributed by atoms with E-state index in [2.05, 4.69) is 5.32 Å². The van der Waals surface area contributed by atoms with Gasteiger partial charge in [0.2, 0.25) is 11.8 Å². The first kappa shape index (κ1) is 13.3. The normalized spacial score (nSPS) is 24.3. The summed E-state index contributed by atoms with van der Waals surface area (Å²) in [6.45, 7) is 4.22. The summed E-state index contributed by atoms with van der Waals surface area (Å²) in [6.07, 6.45) is 4.06. The van der Waals surface area contributed by atoms with Gasteiger partial charge in [0.1, 0.15) is 6.04 Å². The van der Waals surface area contributed by atoms with E-state index >= 15 is 0 Å². The molecular weight excluding hydrogens is 232 g/mol. The van der Waals surface area contributed by atoms with Crippen LogP contribution in [-0.4, -0.2) is 49.1 Å². The van der Waals surface area contributed by atoms with E-state index in [9.17, 15) is 9.59 Å². The highest BCUT2D eigenvalue weighted by atomic mass is 16.5. The Kier molecular flexibility index (Phi) is 4.58. The summed E-state index contributed by atoms with van der Waals surface area (Å²) >= 11 is 0. The van der Waals surface area contributed by atoms with Crippen molar-refractivity contribution in [3.8, 4) is 0 Å². The fourth-order valence-electron chi connectivity index (χ4n) is 2.26. The molecule has 1 aliphatic heterocycles. The van der Waals surface area contributed by atoms with Gasteiger partial charge >= 0.3 is 0 Å². The smallest absolute Gasteiger partial charge is 0.243 e. The van der Waals surface area contributed by atoms with Crippen LogP contribution in [0.15, 0.2) is 0 Å². The molecule has 1 unspecified atom stereocenters. The Morgan fingerprint density at radius 3 is 2.83 bits per heavy atom. The second-order valence-electron chi connectivity index (χ2n) is 5.10. The highest BCUT2D eigenvalue weighted by Crippen LogP contribution is 2.28. The topological polar surface area (TPSA) is 58.6 Å². The maximum absolute atomic E-state index is 11.8. The van der Waals surface area contributed by atoms with Crippen molar-refractivity contribution in [3.05, 3.63) is 0 Å². The van der Waals surface area contributed by atoms with Crippen LogP contribution in [0.4, 0.5) is 0 Å². The maximum Gasteiger partial charge on any atom is 0.243 e. The van der Waals surface area contributed by atoms with E-state index in [0.29, 0.717) is 19.6 Å². The molecule has 1 saturated carbocycles. The van der Waals surface area contributed by atoms with E-state index in [1.807, 2.05) is 6.92 Å². The molecule has 18 heavy (non-hydrogen) atoms. The molecule has 0 spiro atoms. The molecule has 0 bridgehead atoms. The van der Waals surface area contributed by atoms with E-state index in [1.54, 1.807) is 4.90 Å². The lowest BCUT2D eigenvalue weighted by atomic mass is 10.1. The predicted molar refractivity (Wildman–Crippen MR) is 67.0 cm³/mol. The van der Waals surface area contributed by atoms with Crippen molar-refractivity contribution >= 4 is 11.8 Å². The number of rotatable bonds is 7. The minimum Gasteiger partial charge on any atom is -0.381 e. The molecule has 102 valence electrons. The van der Waals surface area contributed by atoms with Gasteiger partial charge in [0.25, 0.3) is 0 Å². The third-order valence-corrected chi connectivity index (χ3v) is 3.54. The van der Waals surface area contributed by atoms with Crippen LogP contribution in [-0.2, 0) is 14.3 Å². The van der Waals surface area contributed by atoms with Crippen LogP contribution in [0.5, 0.6) is 0 Å². The minimum absolute atomic E-state index is 0.0173. The van der Waals surface area contributed by atoms with Crippen LogP contribution in [0.2, 0.25) is 0 Å². The zero-order valence-electron chi connectivity index (χ0n) is 11.0. The first-order valence-corrected chi connectivity index (χ1v) is 6.87. The number of carbonyl (C=O) groups excluding carboxylic acids is 2. The average molecular weight is 254 g/mol. The third-order valence-electron chi connectivity index (χ3n) is 3.54. The van der Waals surface area contributed by atoms with Crippen molar-refractivity contribution in [1.29, 1.82) is 0 Å². The molecule has 1 aliphatic carbocycles. The Balaban J connectivity index is 1.70. The second-order valence-corrected chi connectivity index (χ2v) is 5.10. The Hall–Kier alpha value is -1.10. The number of hydrogen-bond acceptors (Lipinski definition) is 3. The van der Waals surface area contributed by atoms with Crippen LogP contribution in [0, 0.1) is 5.92 Å². The summed E-state index contributed by atoms with van der Waals surface area (Å²) in [4.78, 5) is 25.1. The van der Waals surface area contributed by atoms with Crippen LogP contribution >= 0.6 is 0 Å². The van der Waals surface area contributed by atoms with Crippen LogP contribution in [0.1, 0.15) is 32.6 Å². The molecule has 0 aromatic heterocycles. The standard InChI is InChI=1S/C13H22N2O3/c1-2-11-13(17)14-8-12(16)15(11)6-3-7-18-9-10-4-5-10/h10-11H,2-9H2,1H3,(H,14,17). The summed E-state index contributed by atoms with van der Waals surface area (Å²) in [6, 6.07) is -0.297. The summed E-state index contributed by atoms with van der Waals surface area (Å²) in [5, 5.41) is 2.63. The van der Waals surface area contributed by atoms with E-state index < -0.39 is 0 Å². The highest BCUT2D eigenvalue weighted by Gasteiger charge is 2.32. The highest BCUT2D eigenvalue weighted by molar-refractivity contribution is 5.94. The van der Waals surface area contributed by atoms with Gasteiger partial charge in [-0.2, -0.15) is 0 Å². The third kappa shape index (κ3) is 3.45. The Morgan fingerprint density at radius 1 is 1.39 bits per heavy atom. The second kappa shape index (κ2) is 6.18. The lowest BCUT2D eigenvalue weighted by Crippen LogP contribution is -2.58. The van der Waals surface area contributed by atoms with Gasteiger partial charge in [0, 0.05) is 19.8 Å². The number of carbonyl (C=O) groups is 2. The fraction of sp³-hybridized carbons (Fsp3) is 0.846. The lowest BCUT2D eigenvalue weighted by molar-refractivity contribution is -0.145. The van der Waals surface area contributed by atoms with Crippen LogP contribution < -0.4 is 5.32 Å². The Morgan fingerprint density at radius 2 is 2.17 bits per heavy atom. The predicted octanol–water partition coefficient (Wildman–Crippen LogP) is 0.540. The molecule has 5 nitrogen and oxygen atoms in total. The van der Waals surface area contributed by atoms with Crippen molar-refractivity contribution in [2.45, 2.75) is 38.6 Å². The van der Waals surface area contributed by atoms with Gasteiger partial charge < -0.3 is 15.0 Å². The van der Waals surface area contributed by atoms with Crippen LogP contribution in [0.25, 0.3) is 0 Å². The molecular formula is C13H22N2O3. The number of amides is 2. The lowest BCUT2D eigenvalue weighted by Gasteiger charge is -2.34. The summed E-state index contributed by atoms with van der Waals surface area (Å²) in [5.41, 5.74) is 0. The van der Waals surface area contributed by atoms with Crippen molar-refractivity contribution in [2.75, 3.05) is 26.3 Å². The van der Waals surface area contributed by atoms with Gasteiger partial charge in [-0.25, -0.2) is 0 Å². The first-order valence-electron chi connectivity index (χ1n) is 6.87. The number of hydrogen-bond donors (Lipinski definition) is 1. The largest absolute Gasteiger partial charge is 0.381 e. The molecule has 0 aromatic carbocycles. The molecule has 1 saturated heterocycles. The van der Waals surface area contributed by atoms with Crippen molar-refractivity contribution in [3.63, 3.8) is 0 Å².